The van der Waals surface area contributed by atoms with Gasteiger partial charge in [0, 0.05) is 37.8 Å². The summed E-state index contributed by atoms with van der Waals surface area (Å²) >= 11 is 0. The Balaban J connectivity index is 0.00000208. The van der Waals surface area contributed by atoms with Crippen LogP contribution in [-0.4, -0.2) is 46.6 Å². The van der Waals surface area contributed by atoms with Crippen LogP contribution in [0.15, 0.2) is 28.8 Å². The molecule has 128 valence electrons. The van der Waals surface area contributed by atoms with Crippen molar-refractivity contribution >= 4 is 30.2 Å². The van der Waals surface area contributed by atoms with Gasteiger partial charge in [-0.1, -0.05) is 5.16 Å². The van der Waals surface area contributed by atoms with E-state index in [1.807, 2.05) is 7.05 Å². The van der Waals surface area contributed by atoms with Crippen molar-refractivity contribution in [2.45, 2.75) is 6.04 Å². The molecule has 0 bridgehead atoms. The van der Waals surface area contributed by atoms with Gasteiger partial charge in [-0.25, -0.2) is 0 Å². The maximum absolute atomic E-state index is 10.6. The van der Waals surface area contributed by atoms with E-state index in [4.69, 9.17) is 4.52 Å². The molecule has 1 N–H and O–H groups in total. The number of non-ortho nitro benzene ring substituents is 1. The molecule has 0 radical (unpaired) electrons. The highest BCUT2D eigenvalue weighted by atomic mass is 35.5. The molecule has 1 saturated heterocycles. The molecule has 0 amide bonds. The van der Waals surface area contributed by atoms with Gasteiger partial charge in [0.25, 0.3) is 11.6 Å². The zero-order chi connectivity index (χ0) is 16.2. The molecule has 1 aliphatic rings. The van der Waals surface area contributed by atoms with Gasteiger partial charge in [0.2, 0.25) is 0 Å². The lowest BCUT2D eigenvalue weighted by Crippen LogP contribution is -2.44. The summed E-state index contributed by atoms with van der Waals surface area (Å²) in [5.74, 6) is 1.07. The highest BCUT2D eigenvalue weighted by molar-refractivity contribution is 5.85. The summed E-state index contributed by atoms with van der Waals surface area (Å²) in [6.07, 6.45) is 3.48. The van der Waals surface area contributed by atoms with Crippen molar-refractivity contribution in [1.82, 2.24) is 20.4 Å². The second-order valence-corrected chi connectivity index (χ2v) is 5.37. The monoisotopic (exact) mass is 351 g/mol. The number of nitro groups is 1. The molecule has 2 aromatic rings. The van der Waals surface area contributed by atoms with Crippen molar-refractivity contribution < 1.29 is 9.45 Å². The minimum atomic E-state index is -0.424. The normalized spacial score (nSPS) is 18.5. The van der Waals surface area contributed by atoms with Gasteiger partial charge in [-0.3, -0.25) is 15.0 Å². The first-order chi connectivity index (χ1) is 11.1. The highest BCUT2D eigenvalue weighted by Gasteiger charge is 2.24. The van der Waals surface area contributed by atoms with Gasteiger partial charge in [-0.2, -0.15) is 4.98 Å². The molecule has 2 heterocycles. The predicted molar refractivity (Wildman–Crippen MR) is 91.8 cm³/mol. The third-order valence-corrected chi connectivity index (χ3v) is 3.79. The van der Waals surface area contributed by atoms with Crippen molar-refractivity contribution in [2.75, 3.05) is 26.7 Å². The van der Waals surface area contributed by atoms with E-state index in [0.717, 1.165) is 25.2 Å². The fourth-order valence-electron chi connectivity index (χ4n) is 2.42. The van der Waals surface area contributed by atoms with Crippen molar-refractivity contribution in [3.63, 3.8) is 0 Å². The van der Waals surface area contributed by atoms with Gasteiger partial charge >= 0.3 is 0 Å². The van der Waals surface area contributed by atoms with E-state index >= 15 is 0 Å². The number of piperazine rings is 1. The number of halogens is 1. The topological polar surface area (TPSA) is 97.3 Å². The molecule has 3 rings (SSSR count). The lowest BCUT2D eigenvalue weighted by atomic mass is 10.2. The lowest BCUT2D eigenvalue weighted by Gasteiger charge is -2.30. The number of nitro benzene ring substituents is 1. The Kier molecular flexibility index (Phi) is 6.02. The minimum absolute atomic E-state index is 0. The first-order valence-corrected chi connectivity index (χ1v) is 7.30. The van der Waals surface area contributed by atoms with E-state index in [1.54, 1.807) is 24.3 Å². The summed E-state index contributed by atoms with van der Waals surface area (Å²) < 4.78 is 5.24. The Hall–Kier alpha value is -2.29. The van der Waals surface area contributed by atoms with E-state index in [9.17, 15) is 10.1 Å². The molecule has 8 nitrogen and oxygen atoms in total. The van der Waals surface area contributed by atoms with Gasteiger partial charge in [0.1, 0.15) is 0 Å². The first-order valence-electron chi connectivity index (χ1n) is 7.30. The Morgan fingerprint density at radius 2 is 2.12 bits per heavy atom. The summed E-state index contributed by atoms with van der Waals surface area (Å²) in [6.45, 7) is 2.69. The zero-order valence-corrected chi connectivity index (χ0v) is 13.9. The Labute approximate surface area is 145 Å². The van der Waals surface area contributed by atoms with Crippen LogP contribution >= 0.6 is 12.4 Å². The number of nitrogens with one attached hydrogen (secondary N) is 1. The Morgan fingerprint density at radius 1 is 1.38 bits per heavy atom. The second-order valence-electron chi connectivity index (χ2n) is 5.37. The quantitative estimate of drug-likeness (QED) is 0.665. The van der Waals surface area contributed by atoms with Gasteiger partial charge in [-0.05, 0) is 30.8 Å². The van der Waals surface area contributed by atoms with Crippen LogP contribution in [-0.2, 0) is 0 Å². The predicted octanol–water partition coefficient (Wildman–Crippen LogP) is 2.15. The number of hydrogen-bond donors (Lipinski definition) is 1. The molecular weight excluding hydrogens is 334 g/mol. The first kappa shape index (κ1) is 18.1. The van der Waals surface area contributed by atoms with Crippen LogP contribution in [0.3, 0.4) is 0 Å². The molecular formula is C15H18ClN5O3. The Bertz CT molecular complexity index is 716. The van der Waals surface area contributed by atoms with E-state index in [2.05, 4.69) is 20.4 Å². The van der Waals surface area contributed by atoms with Crippen LogP contribution in [0.25, 0.3) is 12.2 Å². The summed E-state index contributed by atoms with van der Waals surface area (Å²) in [7, 11) is 2.04. The van der Waals surface area contributed by atoms with Gasteiger partial charge in [0.15, 0.2) is 5.82 Å². The largest absolute Gasteiger partial charge is 0.335 e. The van der Waals surface area contributed by atoms with Crippen LogP contribution in [0.2, 0.25) is 0 Å². The molecule has 0 aliphatic carbocycles. The maximum Gasteiger partial charge on any atom is 0.269 e. The van der Waals surface area contributed by atoms with Crippen LogP contribution < -0.4 is 5.32 Å². The molecule has 1 unspecified atom stereocenters. The third kappa shape index (κ3) is 4.16. The molecule has 1 aromatic heterocycles. The molecule has 0 spiro atoms. The second kappa shape index (κ2) is 8.00. The van der Waals surface area contributed by atoms with E-state index < -0.39 is 4.92 Å². The van der Waals surface area contributed by atoms with Gasteiger partial charge < -0.3 is 9.84 Å². The molecule has 1 aliphatic heterocycles. The van der Waals surface area contributed by atoms with Gasteiger partial charge in [0.05, 0.1) is 11.0 Å². The fourth-order valence-corrected chi connectivity index (χ4v) is 2.42. The fraction of sp³-hybridized carbons (Fsp3) is 0.333. The molecule has 24 heavy (non-hydrogen) atoms. The average molecular weight is 352 g/mol. The van der Waals surface area contributed by atoms with E-state index in [0.29, 0.717) is 11.7 Å². The SMILES string of the molecule is CN1CCNCC1c1noc(/C=C/c2ccc([N+](=O)[O-])cc2)n1.Cl. The van der Waals surface area contributed by atoms with Crippen molar-refractivity contribution in [3.05, 3.63) is 51.7 Å². The molecule has 9 heteroatoms. The smallest absolute Gasteiger partial charge is 0.269 e. The molecule has 0 saturated carbocycles. The minimum Gasteiger partial charge on any atom is -0.335 e. The summed E-state index contributed by atoms with van der Waals surface area (Å²) in [4.78, 5) is 16.8. The Morgan fingerprint density at radius 3 is 2.79 bits per heavy atom. The standard InChI is InChI=1S/C15H17N5O3.ClH/c1-19-9-8-16-10-13(19)15-17-14(23-18-15)7-4-11-2-5-12(6-3-11)20(21)22;/h2-7,13,16H,8-10H2,1H3;1H/b7-4+;. The number of nitrogens with zero attached hydrogens (tertiary/aromatic N) is 4. The number of likely N-dealkylation sites (N-methyl/N-ethyl adjacent to an activating group) is 1. The highest BCUT2D eigenvalue weighted by Crippen LogP contribution is 2.18. The zero-order valence-electron chi connectivity index (χ0n) is 13.1. The van der Waals surface area contributed by atoms with E-state index in [-0.39, 0.29) is 24.1 Å². The number of benzene rings is 1. The number of rotatable bonds is 4. The third-order valence-electron chi connectivity index (χ3n) is 3.79. The van der Waals surface area contributed by atoms with Crippen molar-refractivity contribution in [2.24, 2.45) is 0 Å². The summed E-state index contributed by atoms with van der Waals surface area (Å²) in [5, 5.41) is 18.0. The van der Waals surface area contributed by atoms with Crippen molar-refractivity contribution in [1.29, 1.82) is 0 Å². The van der Waals surface area contributed by atoms with Crippen LogP contribution in [0.1, 0.15) is 23.3 Å². The molecule has 1 aromatic carbocycles. The van der Waals surface area contributed by atoms with Crippen LogP contribution in [0.5, 0.6) is 0 Å². The van der Waals surface area contributed by atoms with Crippen LogP contribution in [0.4, 0.5) is 5.69 Å². The number of aromatic nitrogens is 2. The lowest BCUT2D eigenvalue weighted by molar-refractivity contribution is -0.384. The maximum atomic E-state index is 10.6. The summed E-state index contributed by atoms with van der Waals surface area (Å²) in [5.41, 5.74) is 0.891. The van der Waals surface area contributed by atoms with Crippen LogP contribution in [0, 0.1) is 10.1 Å². The van der Waals surface area contributed by atoms with Gasteiger partial charge in [-0.15, -0.1) is 12.4 Å². The molecule has 1 fully saturated rings. The molecule has 1 atom stereocenters. The summed E-state index contributed by atoms with van der Waals surface area (Å²) in [6, 6.07) is 6.37. The van der Waals surface area contributed by atoms with E-state index in [1.165, 1.54) is 12.1 Å². The van der Waals surface area contributed by atoms with Crippen molar-refractivity contribution in [3.8, 4) is 0 Å². The average Bonchev–Trinajstić information content (AvgIpc) is 3.02. The number of hydrogen-bond acceptors (Lipinski definition) is 7.